The number of nitrogens with one attached hydrogen (secondary N) is 1. The minimum Gasteiger partial charge on any atom is -0.333 e. The van der Waals surface area contributed by atoms with Crippen molar-refractivity contribution in [3.05, 3.63) is 51.8 Å². The van der Waals surface area contributed by atoms with Crippen LogP contribution in [0.15, 0.2) is 24.3 Å². The molecule has 0 aliphatic carbocycles. The molecule has 144 valence electrons. The van der Waals surface area contributed by atoms with Crippen LogP contribution >= 0.6 is 36.4 Å². The fraction of sp³-hybridized carbons (Fsp3) is 0.444. The summed E-state index contributed by atoms with van der Waals surface area (Å²) in [6, 6.07) is 7.73. The Labute approximate surface area is 171 Å². The number of hydrogen-bond acceptors (Lipinski definition) is 3. The Morgan fingerprint density at radius 1 is 1.31 bits per heavy atom. The van der Waals surface area contributed by atoms with Crippen molar-refractivity contribution in [3.8, 4) is 0 Å². The van der Waals surface area contributed by atoms with Gasteiger partial charge >= 0.3 is 0 Å². The van der Waals surface area contributed by atoms with Crippen LogP contribution in [0.5, 0.6) is 0 Å². The van der Waals surface area contributed by atoms with Crippen LogP contribution in [0.25, 0.3) is 0 Å². The predicted octanol–water partition coefficient (Wildman–Crippen LogP) is 3.25. The van der Waals surface area contributed by atoms with E-state index in [1.165, 1.54) is 0 Å². The number of carbonyl (C=O) groups excluding carboxylic acids is 1. The maximum absolute atomic E-state index is 13.0. The Hall–Kier alpha value is -1.27. The van der Waals surface area contributed by atoms with Crippen LogP contribution in [0.4, 0.5) is 0 Å². The highest BCUT2D eigenvalue weighted by Crippen LogP contribution is 2.29. The van der Waals surface area contributed by atoms with E-state index in [2.05, 4.69) is 10.4 Å². The second kappa shape index (κ2) is 9.60. The molecule has 8 heteroatoms. The normalized spacial score (nSPS) is 16.6. The number of aromatic nitrogens is 2. The number of piperazine rings is 1. The maximum Gasteiger partial charge on any atom is 0.227 e. The van der Waals surface area contributed by atoms with E-state index in [-0.39, 0.29) is 36.8 Å². The number of nitrogens with zero attached hydrogens (tertiary/aromatic N) is 3. The lowest BCUT2D eigenvalue weighted by molar-refractivity contribution is -0.133. The molecule has 1 aliphatic rings. The largest absolute Gasteiger partial charge is 0.333 e. The van der Waals surface area contributed by atoms with Crippen molar-refractivity contribution >= 4 is 42.3 Å². The van der Waals surface area contributed by atoms with Crippen LogP contribution < -0.4 is 5.32 Å². The summed E-state index contributed by atoms with van der Waals surface area (Å²) in [5.41, 5.74) is 4.00. The first kappa shape index (κ1) is 22.8. The summed E-state index contributed by atoms with van der Waals surface area (Å²) in [6.45, 7) is 6.18. The molecule has 1 N–H and O–H groups in total. The van der Waals surface area contributed by atoms with Crippen molar-refractivity contribution in [1.82, 2.24) is 20.0 Å². The summed E-state index contributed by atoms with van der Waals surface area (Å²) in [5.74, 6) is 0.126. The van der Waals surface area contributed by atoms with Gasteiger partial charge in [-0.3, -0.25) is 9.48 Å². The lowest BCUT2D eigenvalue weighted by Crippen LogP contribution is -2.49. The highest BCUT2D eigenvalue weighted by atomic mass is 35.5. The lowest BCUT2D eigenvalue weighted by Gasteiger charge is -2.37. The minimum absolute atomic E-state index is 0. The molecule has 1 aliphatic heterocycles. The molecule has 0 bridgehead atoms. The van der Waals surface area contributed by atoms with Crippen LogP contribution in [0, 0.1) is 13.8 Å². The first-order valence-corrected chi connectivity index (χ1v) is 8.60. The third-order valence-corrected chi connectivity index (χ3v) is 5.16. The van der Waals surface area contributed by atoms with E-state index in [4.69, 9.17) is 11.6 Å². The smallest absolute Gasteiger partial charge is 0.227 e. The zero-order chi connectivity index (χ0) is 17.3. The zero-order valence-corrected chi connectivity index (χ0v) is 17.5. The number of benzene rings is 1. The Morgan fingerprint density at radius 2 is 2.00 bits per heavy atom. The van der Waals surface area contributed by atoms with Crippen molar-refractivity contribution in [2.75, 3.05) is 19.6 Å². The van der Waals surface area contributed by atoms with Gasteiger partial charge in [-0.2, -0.15) is 5.10 Å². The van der Waals surface area contributed by atoms with Crippen LogP contribution in [0.2, 0.25) is 5.02 Å². The third kappa shape index (κ3) is 4.52. The fourth-order valence-electron chi connectivity index (χ4n) is 3.35. The molecule has 0 spiro atoms. The van der Waals surface area contributed by atoms with Gasteiger partial charge in [0.25, 0.3) is 0 Å². The average Bonchev–Trinajstić information content (AvgIpc) is 2.81. The average molecular weight is 420 g/mol. The molecule has 26 heavy (non-hydrogen) atoms. The molecule has 1 amide bonds. The molecule has 0 saturated carbocycles. The standard InChI is InChI=1S/C18H23ClN4O.2ClH/c1-12-15(13(2)22(3)21-12)10-18(24)23-9-8-20-11-17(23)14-6-4-5-7-16(14)19;;/h4-7,17,20H,8-11H2,1-3H3;2*1H. The number of carbonyl (C=O) groups is 1. The van der Waals surface area contributed by atoms with E-state index < -0.39 is 0 Å². The third-order valence-electron chi connectivity index (χ3n) is 4.81. The molecule has 1 aromatic carbocycles. The maximum atomic E-state index is 13.0. The highest BCUT2D eigenvalue weighted by Gasteiger charge is 2.30. The van der Waals surface area contributed by atoms with Gasteiger partial charge in [0, 0.05) is 43.0 Å². The predicted molar refractivity (Wildman–Crippen MR) is 110 cm³/mol. The van der Waals surface area contributed by atoms with Crippen LogP contribution in [0.3, 0.4) is 0 Å². The van der Waals surface area contributed by atoms with Gasteiger partial charge in [0.1, 0.15) is 0 Å². The van der Waals surface area contributed by atoms with Gasteiger partial charge in [0.2, 0.25) is 5.91 Å². The number of rotatable bonds is 3. The topological polar surface area (TPSA) is 50.2 Å². The number of halogens is 3. The molecule has 1 atom stereocenters. The van der Waals surface area contributed by atoms with Gasteiger partial charge in [-0.25, -0.2) is 0 Å². The molecular formula is C18H25Cl3N4O. The van der Waals surface area contributed by atoms with Crippen molar-refractivity contribution < 1.29 is 4.79 Å². The Kier molecular flexibility index (Phi) is 8.41. The summed E-state index contributed by atoms with van der Waals surface area (Å²) in [4.78, 5) is 14.9. The Morgan fingerprint density at radius 3 is 2.62 bits per heavy atom. The van der Waals surface area contributed by atoms with Gasteiger partial charge < -0.3 is 10.2 Å². The number of aryl methyl sites for hydroxylation is 2. The van der Waals surface area contributed by atoms with Crippen LogP contribution in [-0.4, -0.2) is 40.2 Å². The van der Waals surface area contributed by atoms with Gasteiger partial charge in [0.05, 0.1) is 18.2 Å². The fourth-order valence-corrected chi connectivity index (χ4v) is 3.61. The van der Waals surface area contributed by atoms with E-state index in [9.17, 15) is 4.79 Å². The molecule has 3 rings (SSSR count). The summed E-state index contributed by atoms with van der Waals surface area (Å²) < 4.78 is 1.83. The monoisotopic (exact) mass is 418 g/mol. The highest BCUT2D eigenvalue weighted by molar-refractivity contribution is 6.31. The second-order valence-electron chi connectivity index (χ2n) is 6.28. The molecule has 1 fully saturated rings. The van der Waals surface area contributed by atoms with Gasteiger partial charge in [0.15, 0.2) is 0 Å². The van der Waals surface area contributed by atoms with Crippen molar-refractivity contribution in [1.29, 1.82) is 0 Å². The first-order valence-electron chi connectivity index (χ1n) is 8.22. The van der Waals surface area contributed by atoms with E-state index in [1.54, 1.807) is 0 Å². The van der Waals surface area contributed by atoms with E-state index in [0.29, 0.717) is 18.0 Å². The molecule has 1 unspecified atom stereocenters. The van der Waals surface area contributed by atoms with E-state index >= 15 is 0 Å². The molecule has 1 saturated heterocycles. The first-order chi connectivity index (χ1) is 11.5. The van der Waals surface area contributed by atoms with Crippen molar-refractivity contribution in [2.24, 2.45) is 7.05 Å². The number of amides is 1. The molecule has 2 heterocycles. The summed E-state index contributed by atoms with van der Waals surface area (Å²) >= 11 is 6.36. The quantitative estimate of drug-likeness (QED) is 0.831. The van der Waals surface area contributed by atoms with Crippen LogP contribution in [0.1, 0.15) is 28.6 Å². The zero-order valence-electron chi connectivity index (χ0n) is 15.2. The number of hydrogen-bond donors (Lipinski definition) is 1. The molecular weight excluding hydrogens is 395 g/mol. The summed E-state index contributed by atoms with van der Waals surface area (Å²) in [7, 11) is 1.91. The van der Waals surface area contributed by atoms with Gasteiger partial charge in [-0.05, 0) is 25.5 Å². The molecule has 0 radical (unpaired) electrons. The molecule has 5 nitrogen and oxygen atoms in total. The van der Waals surface area contributed by atoms with E-state index in [1.807, 2.05) is 54.7 Å². The van der Waals surface area contributed by atoms with Gasteiger partial charge in [-0.1, -0.05) is 29.8 Å². The molecule has 1 aromatic heterocycles. The summed E-state index contributed by atoms with van der Waals surface area (Å²) in [5, 5.41) is 8.49. The SMILES string of the molecule is Cc1nn(C)c(C)c1CC(=O)N1CCNCC1c1ccccc1Cl.Cl.Cl. The lowest BCUT2D eigenvalue weighted by atomic mass is 10.0. The van der Waals surface area contributed by atoms with Crippen molar-refractivity contribution in [2.45, 2.75) is 26.3 Å². The Balaban J connectivity index is 0.00000169. The van der Waals surface area contributed by atoms with Gasteiger partial charge in [-0.15, -0.1) is 24.8 Å². The molecule has 2 aromatic rings. The summed E-state index contributed by atoms with van der Waals surface area (Å²) in [6.07, 6.45) is 0.381. The van der Waals surface area contributed by atoms with Crippen LogP contribution in [-0.2, 0) is 18.3 Å². The minimum atomic E-state index is -0.0303. The second-order valence-corrected chi connectivity index (χ2v) is 6.69. The Bertz CT molecular complexity index is 763. The van der Waals surface area contributed by atoms with Crippen molar-refractivity contribution in [3.63, 3.8) is 0 Å². The van der Waals surface area contributed by atoms with E-state index in [0.717, 1.165) is 35.6 Å².